The van der Waals surface area contributed by atoms with Crippen LogP contribution in [0.5, 0.6) is 0 Å². The van der Waals surface area contributed by atoms with E-state index >= 15 is 0 Å². The number of hydrogen-bond donors (Lipinski definition) is 0. The summed E-state index contributed by atoms with van der Waals surface area (Å²) >= 11 is 1.72. The number of rotatable bonds is 13. The van der Waals surface area contributed by atoms with Crippen LogP contribution in [-0.2, 0) is 22.7 Å². The van der Waals surface area contributed by atoms with Gasteiger partial charge in [0.2, 0.25) is 11.8 Å². The van der Waals surface area contributed by atoms with Gasteiger partial charge >= 0.3 is 0 Å². The molecular formula is C26H38N2O2S. The summed E-state index contributed by atoms with van der Waals surface area (Å²) < 4.78 is 0. The van der Waals surface area contributed by atoms with Crippen LogP contribution in [0.4, 0.5) is 0 Å². The van der Waals surface area contributed by atoms with E-state index in [1.165, 1.54) is 9.75 Å². The first kappa shape index (κ1) is 25.1. The Labute approximate surface area is 192 Å². The zero-order valence-electron chi connectivity index (χ0n) is 19.6. The van der Waals surface area contributed by atoms with E-state index in [-0.39, 0.29) is 24.4 Å². The number of unbranched alkanes of at least 4 members (excludes halogenated alkanes) is 3. The molecule has 5 heteroatoms. The summed E-state index contributed by atoms with van der Waals surface area (Å²) in [7, 11) is 0. The maximum atomic E-state index is 13.4. The van der Waals surface area contributed by atoms with Gasteiger partial charge in [0.25, 0.3) is 0 Å². The van der Waals surface area contributed by atoms with Gasteiger partial charge in [-0.15, -0.1) is 11.3 Å². The molecule has 0 aliphatic heterocycles. The minimum atomic E-state index is 0.0112. The van der Waals surface area contributed by atoms with Crippen molar-refractivity contribution in [3.8, 4) is 0 Å². The summed E-state index contributed by atoms with van der Waals surface area (Å²) in [5.74, 6) is 0.113. The van der Waals surface area contributed by atoms with E-state index < -0.39 is 0 Å². The number of nitrogens with zero attached hydrogens (tertiary/aromatic N) is 2. The summed E-state index contributed by atoms with van der Waals surface area (Å²) in [6.07, 6.45) is 5.65. The van der Waals surface area contributed by atoms with Crippen LogP contribution in [0.3, 0.4) is 0 Å². The molecule has 170 valence electrons. The van der Waals surface area contributed by atoms with Crippen molar-refractivity contribution in [3.05, 3.63) is 57.8 Å². The van der Waals surface area contributed by atoms with Gasteiger partial charge in [0.15, 0.2) is 0 Å². The molecule has 0 aliphatic rings. The normalized spacial score (nSPS) is 11.9. The van der Waals surface area contributed by atoms with Gasteiger partial charge in [0.1, 0.15) is 6.54 Å². The zero-order chi connectivity index (χ0) is 22.6. The number of carbonyl (C=O) groups excluding carboxylic acids is 2. The largest absolute Gasteiger partial charge is 0.332 e. The van der Waals surface area contributed by atoms with Crippen LogP contribution >= 0.6 is 11.3 Å². The van der Waals surface area contributed by atoms with Gasteiger partial charge in [0.05, 0.1) is 6.54 Å². The lowest BCUT2D eigenvalue weighted by molar-refractivity contribution is -0.143. The predicted molar refractivity (Wildman–Crippen MR) is 130 cm³/mol. The Morgan fingerprint density at radius 3 is 2.29 bits per heavy atom. The Balaban J connectivity index is 2.12. The summed E-state index contributed by atoms with van der Waals surface area (Å²) in [6.45, 7) is 9.64. The molecule has 1 unspecified atom stereocenters. The second kappa shape index (κ2) is 13.3. The minimum absolute atomic E-state index is 0.0112. The summed E-state index contributed by atoms with van der Waals surface area (Å²) in [6, 6.07) is 14.3. The molecule has 1 aromatic carbocycles. The predicted octanol–water partition coefficient (Wildman–Crippen LogP) is 6.18. The van der Waals surface area contributed by atoms with Crippen LogP contribution in [0, 0.1) is 6.92 Å². The number of thiophene rings is 1. The Bertz CT molecular complexity index is 803. The van der Waals surface area contributed by atoms with Crippen molar-refractivity contribution in [2.45, 2.75) is 85.4 Å². The SMILES string of the molecule is CCCCCCC(=O)N(CC(=O)N(Cc1ccccc1)Cc1ccc(C)s1)C(C)CC. The first-order valence-electron chi connectivity index (χ1n) is 11.6. The van der Waals surface area contributed by atoms with Crippen molar-refractivity contribution in [2.75, 3.05) is 6.54 Å². The smallest absolute Gasteiger partial charge is 0.242 e. The maximum Gasteiger partial charge on any atom is 0.242 e. The first-order chi connectivity index (χ1) is 14.9. The lowest BCUT2D eigenvalue weighted by Crippen LogP contribution is -2.46. The molecule has 1 heterocycles. The van der Waals surface area contributed by atoms with E-state index in [1.54, 1.807) is 16.2 Å². The monoisotopic (exact) mass is 442 g/mol. The fourth-order valence-corrected chi connectivity index (χ4v) is 4.50. The van der Waals surface area contributed by atoms with Gasteiger partial charge in [-0.2, -0.15) is 0 Å². The van der Waals surface area contributed by atoms with E-state index in [4.69, 9.17) is 0 Å². The van der Waals surface area contributed by atoms with Crippen molar-refractivity contribution in [1.29, 1.82) is 0 Å². The third-order valence-corrected chi connectivity index (χ3v) is 6.69. The molecule has 0 spiro atoms. The summed E-state index contributed by atoms with van der Waals surface area (Å²) in [4.78, 5) is 32.4. The van der Waals surface area contributed by atoms with Gasteiger partial charge in [-0.05, 0) is 44.4 Å². The number of amides is 2. The number of carbonyl (C=O) groups is 2. The molecule has 31 heavy (non-hydrogen) atoms. The molecule has 2 rings (SSSR count). The van der Waals surface area contributed by atoms with Crippen LogP contribution in [0.25, 0.3) is 0 Å². The molecular weight excluding hydrogens is 404 g/mol. The molecule has 1 aromatic heterocycles. The lowest BCUT2D eigenvalue weighted by Gasteiger charge is -2.31. The highest BCUT2D eigenvalue weighted by Gasteiger charge is 2.25. The van der Waals surface area contributed by atoms with E-state index in [1.807, 2.05) is 42.2 Å². The van der Waals surface area contributed by atoms with Gasteiger partial charge in [-0.1, -0.05) is 63.4 Å². The lowest BCUT2D eigenvalue weighted by atomic mass is 10.1. The zero-order valence-corrected chi connectivity index (χ0v) is 20.4. The molecule has 0 aliphatic carbocycles. The molecule has 0 bridgehead atoms. The standard InChI is InChI=1S/C26H38N2O2S/c1-5-7-8-12-15-25(29)28(21(3)6-2)20-26(30)27(18-23-13-10-9-11-14-23)19-24-17-16-22(4)31-24/h9-11,13-14,16-17,21H,5-8,12,15,18-20H2,1-4H3. The molecule has 1 atom stereocenters. The maximum absolute atomic E-state index is 13.4. The topological polar surface area (TPSA) is 40.6 Å². The van der Waals surface area contributed by atoms with E-state index in [0.29, 0.717) is 19.5 Å². The second-order valence-corrected chi connectivity index (χ2v) is 9.71. The molecule has 4 nitrogen and oxygen atoms in total. The molecule has 2 aromatic rings. The highest BCUT2D eigenvalue weighted by Crippen LogP contribution is 2.19. The average Bonchev–Trinajstić information content (AvgIpc) is 3.19. The molecule has 2 amide bonds. The van der Waals surface area contributed by atoms with Crippen LogP contribution in [0.2, 0.25) is 0 Å². The third kappa shape index (κ3) is 8.48. The van der Waals surface area contributed by atoms with Crippen molar-refractivity contribution in [2.24, 2.45) is 0 Å². The van der Waals surface area contributed by atoms with Crippen molar-refractivity contribution >= 4 is 23.2 Å². The highest BCUT2D eigenvalue weighted by atomic mass is 32.1. The number of benzene rings is 1. The Kier molecular flexibility index (Phi) is 10.8. The molecule has 0 saturated carbocycles. The fraction of sp³-hybridized carbons (Fsp3) is 0.538. The third-order valence-electron chi connectivity index (χ3n) is 5.70. The van der Waals surface area contributed by atoms with Crippen LogP contribution in [0.1, 0.15) is 74.6 Å². The Morgan fingerprint density at radius 2 is 1.68 bits per heavy atom. The Hall–Kier alpha value is -2.14. The summed E-state index contributed by atoms with van der Waals surface area (Å²) in [5.41, 5.74) is 1.10. The molecule has 0 radical (unpaired) electrons. The summed E-state index contributed by atoms with van der Waals surface area (Å²) in [5, 5.41) is 0. The van der Waals surface area contributed by atoms with E-state index in [9.17, 15) is 9.59 Å². The first-order valence-corrected chi connectivity index (χ1v) is 12.4. The van der Waals surface area contributed by atoms with Gasteiger partial charge in [-0.3, -0.25) is 9.59 Å². The van der Waals surface area contributed by atoms with E-state index in [0.717, 1.165) is 37.7 Å². The van der Waals surface area contributed by atoms with Crippen LogP contribution in [0.15, 0.2) is 42.5 Å². The quantitative estimate of drug-likeness (QED) is 0.347. The van der Waals surface area contributed by atoms with Gasteiger partial charge in [-0.25, -0.2) is 0 Å². The van der Waals surface area contributed by atoms with Crippen LogP contribution < -0.4 is 0 Å². The van der Waals surface area contributed by atoms with Crippen molar-refractivity contribution in [3.63, 3.8) is 0 Å². The molecule has 0 fully saturated rings. The Morgan fingerprint density at radius 1 is 0.935 bits per heavy atom. The van der Waals surface area contributed by atoms with Crippen molar-refractivity contribution < 1.29 is 9.59 Å². The van der Waals surface area contributed by atoms with Crippen LogP contribution in [-0.4, -0.2) is 34.2 Å². The molecule has 0 N–H and O–H groups in total. The van der Waals surface area contributed by atoms with E-state index in [2.05, 4.69) is 32.9 Å². The number of hydrogen-bond acceptors (Lipinski definition) is 3. The van der Waals surface area contributed by atoms with Crippen molar-refractivity contribution in [1.82, 2.24) is 9.80 Å². The minimum Gasteiger partial charge on any atom is -0.332 e. The fourth-order valence-electron chi connectivity index (χ4n) is 3.60. The number of aryl methyl sites for hydroxylation is 1. The van der Waals surface area contributed by atoms with Gasteiger partial charge < -0.3 is 9.80 Å². The molecule has 0 saturated heterocycles. The highest BCUT2D eigenvalue weighted by molar-refractivity contribution is 7.11. The second-order valence-electron chi connectivity index (χ2n) is 8.34. The average molecular weight is 443 g/mol. The van der Waals surface area contributed by atoms with Gasteiger partial charge in [0, 0.05) is 28.8 Å².